The van der Waals surface area contributed by atoms with Crippen molar-refractivity contribution in [3.63, 3.8) is 0 Å². The molecule has 17 heavy (non-hydrogen) atoms. The summed E-state index contributed by atoms with van der Waals surface area (Å²) in [5.74, 6) is -1.33. The van der Waals surface area contributed by atoms with Crippen LogP contribution in [0.25, 0.3) is 0 Å². The molecule has 94 valence electrons. The van der Waals surface area contributed by atoms with E-state index >= 15 is 0 Å². The second-order valence-corrected chi connectivity index (χ2v) is 4.36. The van der Waals surface area contributed by atoms with Crippen molar-refractivity contribution in [1.29, 1.82) is 5.26 Å². The number of nitrogens with one attached hydrogen (secondary N) is 2. The van der Waals surface area contributed by atoms with Gasteiger partial charge in [-0.25, -0.2) is 0 Å². The first-order valence-corrected chi connectivity index (χ1v) is 6.19. The lowest BCUT2D eigenvalue weighted by Crippen LogP contribution is -2.44. The van der Waals surface area contributed by atoms with Crippen LogP contribution in [-0.4, -0.2) is 24.4 Å². The molecule has 1 saturated carbocycles. The smallest absolute Gasteiger partial charge is 0.310 e. The molecular weight excluding hydrogens is 218 g/mol. The number of nitriles is 1. The van der Waals surface area contributed by atoms with E-state index in [1.54, 1.807) is 6.07 Å². The van der Waals surface area contributed by atoms with Gasteiger partial charge >= 0.3 is 11.8 Å². The molecule has 2 N–H and O–H groups in total. The highest BCUT2D eigenvalue weighted by molar-refractivity contribution is 6.35. The Labute approximate surface area is 102 Å². The number of carbonyl (C=O) groups excluding carboxylic acids is 2. The number of hydrogen-bond acceptors (Lipinski definition) is 3. The summed E-state index contributed by atoms with van der Waals surface area (Å²) < 4.78 is 0. The van der Waals surface area contributed by atoms with Gasteiger partial charge in [0.2, 0.25) is 0 Å². The maximum Gasteiger partial charge on any atom is 0.310 e. The van der Waals surface area contributed by atoms with Gasteiger partial charge in [0.05, 0.1) is 6.07 Å². The van der Waals surface area contributed by atoms with Crippen molar-refractivity contribution in [3.05, 3.63) is 0 Å². The monoisotopic (exact) mass is 237 g/mol. The molecule has 0 bridgehead atoms. The molecule has 0 aromatic heterocycles. The minimum Gasteiger partial charge on any atom is -0.345 e. The van der Waals surface area contributed by atoms with E-state index in [0.717, 1.165) is 25.7 Å². The average Bonchev–Trinajstić information content (AvgIpc) is 2.29. The van der Waals surface area contributed by atoms with Gasteiger partial charge in [-0.15, -0.1) is 0 Å². The van der Waals surface area contributed by atoms with E-state index in [0.29, 0.717) is 0 Å². The third kappa shape index (κ3) is 5.34. The fourth-order valence-corrected chi connectivity index (χ4v) is 2.05. The standard InChI is InChI=1S/C12H19N3O2/c13-8-9-14-11(16)12(17)15-10-6-4-2-1-3-5-7-10/h10H,1-7,9H2,(H,14,16)(H,15,17). The van der Waals surface area contributed by atoms with Gasteiger partial charge in [-0.3, -0.25) is 9.59 Å². The highest BCUT2D eigenvalue weighted by Crippen LogP contribution is 2.16. The maximum atomic E-state index is 11.5. The lowest BCUT2D eigenvalue weighted by Gasteiger charge is -2.20. The van der Waals surface area contributed by atoms with E-state index < -0.39 is 11.8 Å². The second kappa shape index (κ2) is 7.66. The van der Waals surface area contributed by atoms with Crippen LogP contribution in [0.5, 0.6) is 0 Å². The molecule has 5 nitrogen and oxygen atoms in total. The first-order chi connectivity index (χ1) is 8.24. The summed E-state index contributed by atoms with van der Waals surface area (Å²) in [5, 5.41) is 13.3. The van der Waals surface area contributed by atoms with Gasteiger partial charge in [-0.1, -0.05) is 32.1 Å². The number of nitrogens with zero attached hydrogens (tertiary/aromatic N) is 1. The van der Waals surface area contributed by atoms with Crippen molar-refractivity contribution < 1.29 is 9.59 Å². The Bertz CT molecular complexity index is 301. The van der Waals surface area contributed by atoms with Crippen LogP contribution in [0.2, 0.25) is 0 Å². The van der Waals surface area contributed by atoms with Crippen molar-refractivity contribution in [3.8, 4) is 6.07 Å². The molecule has 0 saturated heterocycles. The minimum absolute atomic E-state index is 0.107. The molecule has 1 aliphatic carbocycles. The molecule has 2 amide bonds. The zero-order valence-corrected chi connectivity index (χ0v) is 10.00. The lowest BCUT2D eigenvalue weighted by molar-refractivity contribution is -0.139. The Hall–Kier alpha value is -1.57. The predicted octanol–water partition coefficient (Wildman–Crippen LogP) is 0.855. The molecule has 0 heterocycles. The second-order valence-electron chi connectivity index (χ2n) is 4.36. The van der Waals surface area contributed by atoms with E-state index in [1.807, 2.05) is 0 Å². The molecule has 0 atom stereocenters. The fraction of sp³-hybridized carbons (Fsp3) is 0.750. The van der Waals surface area contributed by atoms with Crippen LogP contribution in [0.15, 0.2) is 0 Å². The van der Waals surface area contributed by atoms with Crippen LogP contribution in [0, 0.1) is 11.3 Å². The van der Waals surface area contributed by atoms with Gasteiger partial charge in [-0.05, 0) is 12.8 Å². The van der Waals surface area contributed by atoms with E-state index in [2.05, 4.69) is 10.6 Å². The van der Waals surface area contributed by atoms with E-state index in [1.165, 1.54) is 19.3 Å². The largest absolute Gasteiger partial charge is 0.345 e. The van der Waals surface area contributed by atoms with Gasteiger partial charge in [0.15, 0.2) is 0 Å². The van der Waals surface area contributed by atoms with Crippen molar-refractivity contribution >= 4 is 11.8 Å². The average molecular weight is 237 g/mol. The molecule has 0 unspecified atom stereocenters. The van der Waals surface area contributed by atoms with Crippen molar-refractivity contribution in [2.24, 2.45) is 0 Å². The predicted molar refractivity (Wildman–Crippen MR) is 62.9 cm³/mol. The van der Waals surface area contributed by atoms with E-state index in [4.69, 9.17) is 5.26 Å². The van der Waals surface area contributed by atoms with Crippen LogP contribution in [0.1, 0.15) is 44.9 Å². The van der Waals surface area contributed by atoms with Gasteiger partial charge in [-0.2, -0.15) is 5.26 Å². The molecule has 5 heteroatoms. The van der Waals surface area contributed by atoms with Gasteiger partial charge in [0, 0.05) is 6.04 Å². The SMILES string of the molecule is N#CCNC(=O)C(=O)NC1CCCCCCC1. The molecule has 0 aromatic rings. The maximum absolute atomic E-state index is 11.5. The molecule has 0 aliphatic heterocycles. The Morgan fingerprint density at radius 2 is 1.65 bits per heavy atom. The Morgan fingerprint density at radius 1 is 1.06 bits per heavy atom. The van der Waals surface area contributed by atoms with Crippen LogP contribution in [0.4, 0.5) is 0 Å². The zero-order chi connectivity index (χ0) is 12.5. The molecular formula is C12H19N3O2. The molecule has 0 aromatic carbocycles. The van der Waals surface area contributed by atoms with Crippen molar-refractivity contribution in [2.75, 3.05) is 6.54 Å². The van der Waals surface area contributed by atoms with Crippen molar-refractivity contribution in [1.82, 2.24) is 10.6 Å². The summed E-state index contributed by atoms with van der Waals surface area (Å²) in [4.78, 5) is 22.7. The molecule has 0 spiro atoms. The number of hydrogen-bond donors (Lipinski definition) is 2. The van der Waals surface area contributed by atoms with Crippen LogP contribution >= 0.6 is 0 Å². The highest BCUT2D eigenvalue weighted by atomic mass is 16.2. The first kappa shape index (κ1) is 13.5. The van der Waals surface area contributed by atoms with Gasteiger partial charge in [0.25, 0.3) is 0 Å². The summed E-state index contributed by atoms with van der Waals surface area (Å²) in [6, 6.07) is 1.87. The minimum atomic E-state index is -0.714. The van der Waals surface area contributed by atoms with E-state index in [-0.39, 0.29) is 12.6 Å². The Morgan fingerprint density at radius 3 is 2.24 bits per heavy atom. The summed E-state index contributed by atoms with van der Waals surface area (Å²) in [5.41, 5.74) is 0. The molecule has 1 fully saturated rings. The van der Waals surface area contributed by atoms with Crippen LogP contribution < -0.4 is 10.6 Å². The molecule has 1 rings (SSSR count). The highest BCUT2D eigenvalue weighted by Gasteiger charge is 2.18. The van der Waals surface area contributed by atoms with E-state index in [9.17, 15) is 9.59 Å². The third-order valence-corrected chi connectivity index (χ3v) is 2.97. The quantitative estimate of drug-likeness (QED) is 0.552. The molecule has 1 aliphatic rings. The number of rotatable bonds is 2. The topological polar surface area (TPSA) is 82.0 Å². The lowest BCUT2D eigenvalue weighted by atomic mass is 9.97. The Kier molecular flexibility index (Phi) is 6.08. The van der Waals surface area contributed by atoms with Gasteiger partial charge in [0.1, 0.15) is 6.54 Å². The summed E-state index contributed by atoms with van der Waals surface area (Å²) >= 11 is 0. The van der Waals surface area contributed by atoms with Crippen LogP contribution in [-0.2, 0) is 9.59 Å². The summed E-state index contributed by atoms with van der Waals surface area (Å²) in [7, 11) is 0. The van der Waals surface area contributed by atoms with Crippen molar-refractivity contribution in [2.45, 2.75) is 51.0 Å². The van der Waals surface area contributed by atoms with Gasteiger partial charge < -0.3 is 10.6 Å². The zero-order valence-electron chi connectivity index (χ0n) is 10.00. The van der Waals surface area contributed by atoms with Crippen LogP contribution in [0.3, 0.4) is 0 Å². The number of carbonyl (C=O) groups is 2. The summed E-state index contributed by atoms with van der Waals surface area (Å²) in [6.07, 6.45) is 7.76. The first-order valence-electron chi connectivity index (χ1n) is 6.19. The molecule has 0 radical (unpaired) electrons. The summed E-state index contributed by atoms with van der Waals surface area (Å²) in [6.45, 7) is -0.128. The normalized spacial score (nSPS) is 17.4. The third-order valence-electron chi connectivity index (χ3n) is 2.97. The fourth-order valence-electron chi connectivity index (χ4n) is 2.05. The number of amides is 2. The Balaban J connectivity index is 2.32.